The van der Waals surface area contributed by atoms with E-state index in [9.17, 15) is 4.79 Å². The minimum atomic E-state index is 0. The van der Waals surface area contributed by atoms with Crippen LogP contribution in [0.25, 0.3) is 11.0 Å². The fraction of sp³-hybridized carbons (Fsp3) is 0.467. The SMILES string of the molecule is CC1(CN)CCN(C(=O)Cc2c[nH]c3ncccc23)C1.Cl. The number of aromatic nitrogens is 2. The molecular weight excluding hydrogens is 288 g/mol. The summed E-state index contributed by atoms with van der Waals surface area (Å²) in [6.07, 6.45) is 5.04. The monoisotopic (exact) mass is 308 g/mol. The third-order valence-corrected chi connectivity index (χ3v) is 4.28. The second-order valence-corrected chi connectivity index (χ2v) is 5.97. The Kier molecular flexibility index (Phi) is 4.54. The lowest BCUT2D eigenvalue weighted by Gasteiger charge is -2.22. The number of carbonyl (C=O) groups excluding carboxylic acids is 1. The highest BCUT2D eigenvalue weighted by atomic mass is 35.5. The van der Waals surface area contributed by atoms with Gasteiger partial charge in [-0.05, 0) is 36.1 Å². The first kappa shape index (κ1) is 15.8. The number of H-pyrrole nitrogens is 1. The van der Waals surface area contributed by atoms with Crippen LogP contribution >= 0.6 is 12.4 Å². The van der Waals surface area contributed by atoms with Gasteiger partial charge >= 0.3 is 0 Å². The molecule has 3 rings (SSSR count). The molecule has 3 N–H and O–H groups in total. The van der Waals surface area contributed by atoms with Crippen LogP contribution in [0.1, 0.15) is 18.9 Å². The first-order valence-corrected chi connectivity index (χ1v) is 7.00. The Labute approximate surface area is 130 Å². The van der Waals surface area contributed by atoms with Gasteiger partial charge in [-0.3, -0.25) is 4.79 Å². The Hall–Kier alpha value is -1.59. The number of halogens is 1. The van der Waals surface area contributed by atoms with Crippen molar-refractivity contribution in [2.24, 2.45) is 11.1 Å². The summed E-state index contributed by atoms with van der Waals surface area (Å²) in [6.45, 7) is 4.36. The summed E-state index contributed by atoms with van der Waals surface area (Å²) in [4.78, 5) is 21.7. The van der Waals surface area contributed by atoms with E-state index >= 15 is 0 Å². The van der Waals surface area contributed by atoms with Crippen LogP contribution in [0.3, 0.4) is 0 Å². The zero-order valence-corrected chi connectivity index (χ0v) is 12.9. The molecule has 0 aromatic carbocycles. The lowest BCUT2D eigenvalue weighted by Crippen LogP contribution is -2.35. The standard InChI is InChI=1S/C15H20N4O.ClH/c1-15(9-16)4-6-19(10-15)13(20)7-11-8-18-14-12(11)3-2-5-17-14;/h2-3,5,8H,4,6-7,9-10,16H2,1H3,(H,17,18);1H. The van der Waals surface area contributed by atoms with Gasteiger partial charge in [-0.1, -0.05) is 6.92 Å². The highest BCUT2D eigenvalue weighted by Crippen LogP contribution is 2.29. The normalized spacial score (nSPS) is 21.5. The summed E-state index contributed by atoms with van der Waals surface area (Å²) in [5.41, 5.74) is 7.72. The number of rotatable bonds is 3. The lowest BCUT2D eigenvalue weighted by atomic mass is 9.90. The average molecular weight is 309 g/mol. The molecule has 2 aromatic rings. The van der Waals surface area contributed by atoms with Crippen molar-refractivity contribution in [3.8, 4) is 0 Å². The number of nitrogens with one attached hydrogen (secondary N) is 1. The fourth-order valence-electron chi connectivity index (χ4n) is 2.84. The van der Waals surface area contributed by atoms with Crippen LogP contribution in [-0.4, -0.2) is 40.4 Å². The Balaban J connectivity index is 0.00000161. The third kappa shape index (κ3) is 3.04. The maximum Gasteiger partial charge on any atom is 0.227 e. The summed E-state index contributed by atoms with van der Waals surface area (Å²) in [5.74, 6) is 0.173. The van der Waals surface area contributed by atoms with Gasteiger partial charge in [0.25, 0.3) is 0 Å². The molecule has 1 atom stereocenters. The predicted molar refractivity (Wildman–Crippen MR) is 85.4 cm³/mol. The van der Waals surface area contributed by atoms with Gasteiger partial charge in [0.2, 0.25) is 5.91 Å². The molecule has 1 aliphatic heterocycles. The topological polar surface area (TPSA) is 75.0 Å². The molecule has 21 heavy (non-hydrogen) atoms. The van der Waals surface area contributed by atoms with Crippen LogP contribution in [0.15, 0.2) is 24.5 Å². The van der Waals surface area contributed by atoms with Gasteiger partial charge in [-0.15, -0.1) is 12.4 Å². The van der Waals surface area contributed by atoms with Crippen LogP contribution in [0, 0.1) is 5.41 Å². The van der Waals surface area contributed by atoms with E-state index in [-0.39, 0.29) is 23.7 Å². The minimum absolute atomic E-state index is 0. The molecule has 0 bridgehead atoms. The predicted octanol–water partition coefficient (Wildman–Crippen LogP) is 1.72. The van der Waals surface area contributed by atoms with Gasteiger partial charge in [0.05, 0.1) is 6.42 Å². The molecule has 1 unspecified atom stereocenters. The van der Waals surface area contributed by atoms with E-state index in [1.165, 1.54) is 0 Å². The van der Waals surface area contributed by atoms with Crippen molar-refractivity contribution >= 4 is 29.3 Å². The second kappa shape index (κ2) is 6.03. The first-order chi connectivity index (χ1) is 9.61. The molecule has 0 radical (unpaired) electrons. The number of nitrogens with zero attached hydrogens (tertiary/aromatic N) is 2. The smallest absolute Gasteiger partial charge is 0.227 e. The fourth-order valence-corrected chi connectivity index (χ4v) is 2.84. The molecular formula is C15H21ClN4O. The highest BCUT2D eigenvalue weighted by Gasteiger charge is 2.34. The van der Waals surface area contributed by atoms with Crippen LogP contribution < -0.4 is 5.73 Å². The van der Waals surface area contributed by atoms with Crippen LogP contribution in [0.2, 0.25) is 0 Å². The molecule has 6 heteroatoms. The first-order valence-electron chi connectivity index (χ1n) is 7.00. The molecule has 1 aliphatic rings. The zero-order valence-electron chi connectivity index (χ0n) is 12.1. The summed E-state index contributed by atoms with van der Waals surface area (Å²) < 4.78 is 0. The molecule has 1 fully saturated rings. The lowest BCUT2D eigenvalue weighted by molar-refractivity contribution is -0.129. The maximum absolute atomic E-state index is 12.4. The number of likely N-dealkylation sites (tertiary alicyclic amines) is 1. The van der Waals surface area contributed by atoms with Crippen molar-refractivity contribution in [3.63, 3.8) is 0 Å². The Bertz CT molecular complexity index is 641. The molecule has 0 saturated carbocycles. The van der Waals surface area contributed by atoms with Crippen molar-refractivity contribution in [2.45, 2.75) is 19.8 Å². The number of fused-ring (bicyclic) bond motifs is 1. The van der Waals surface area contributed by atoms with Crippen LogP contribution in [-0.2, 0) is 11.2 Å². The minimum Gasteiger partial charge on any atom is -0.346 e. The van der Waals surface area contributed by atoms with Gasteiger partial charge in [0.1, 0.15) is 5.65 Å². The Morgan fingerprint density at radius 2 is 2.38 bits per heavy atom. The van der Waals surface area contributed by atoms with Crippen LogP contribution in [0.4, 0.5) is 0 Å². The Morgan fingerprint density at radius 3 is 3.10 bits per heavy atom. The number of carbonyl (C=O) groups is 1. The number of pyridine rings is 1. The second-order valence-electron chi connectivity index (χ2n) is 5.97. The van der Waals surface area contributed by atoms with Crippen molar-refractivity contribution in [1.29, 1.82) is 0 Å². The van der Waals surface area contributed by atoms with Crippen molar-refractivity contribution in [2.75, 3.05) is 19.6 Å². The molecule has 0 aliphatic carbocycles. The summed E-state index contributed by atoms with van der Waals surface area (Å²) in [5, 5.41) is 1.03. The van der Waals surface area contributed by atoms with E-state index in [4.69, 9.17) is 5.73 Å². The van der Waals surface area contributed by atoms with Crippen molar-refractivity contribution in [1.82, 2.24) is 14.9 Å². The van der Waals surface area contributed by atoms with E-state index in [0.29, 0.717) is 13.0 Å². The van der Waals surface area contributed by atoms with Crippen molar-refractivity contribution < 1.29 is 4.79 Å². The van der Waals surface area contributed by atoms with E-state index < -0.39 is 0 Å². The van der Waals surface area contributed by atoms with Gasteiger partial charge in [-0.2, -0.15) is 0 Å². The molecule has 2 aromatic heterocycles. The van der Waals surface area contributed by atoms with E-state index in [1.54, 1.807) is 6.20 Å². The van der Waals surface area contributed by atoms with Gasteiger partial charge < -0.3 is 15.6 Å². The van der Waals surface area contributed by atoms with Gasteiger partial charge in [0, 0.05) is 30.9 Å². The largest absolute Gasteiger partial charge is 0.346 e. The quantitative estimate of drug-likeness (QED) is 0.906. The number of amides is 1. The molecule has 1 amide bonds. The summed E-state index contributed by atoms with van der Waals surface area (Å²) in [7, 11) is 0. The number of hydrogen-bond donors (Lipinski definition) is 2. The molecule has 5 nitrogen and oxygen atoms in total. The summed E-state index contributed by atoms with van der Waals surface area (Å²) >= 11 is 0. The van der Waals surface area contributed by atoms with Gasteiger partial charge in [0.15, 0.2) is 0 Å². The maximum atomic E-state index is 12.4. The van der Waals surface area contributed by atoms with E-state index in [2.05, 4.69) is 16.9 Å². The van der Waals surface area contributed by atoms with Crippen molar-refractivity contribution in [3.05, 3.63) is 30.1 Å². The average Bonchev–Trinajstić information content (AvgIpc) is 3.04. The molecule has 114 valence electrons. The number of hydrogen-bond acceptors (Lipinski definition) is 3. The molecule has 1 saturated heterocycles. The van der Waals surface area contributed by atoms with Gasteiger partial charge in [-0.25, -0.2) is 4.98 Å². The number of nitrogens with two attached hydrogens (primary N) is 1. The highest BCUT2D eigenvalue weighted by molar-refractivity contribution is 5.87. The molecule has 0 spiro atoms. The Morgan fingerprint density at radius 1 is 1.57 bits per heavy atom. The number of aromatic amines is 1. The molecule has 3 heterocycles. The van der Waals surface area contributed by atoms with E-state index in [1.807, 2.05) is 23.2 Å². The summed E-state index contributed by atoms with van der Waals surface area (Å²) in [6, 6.07) is 3.89. The van der Waals surface area contributed by atoms with Crippen LogP contribution in [0.5, 0.6) is 0 Å². The zero-order chi connectivity index (χ0) is 14.2. The third-order valence-electron chi connectivity index (χ3n) is 4.28. The van der Waals surface area contributed by atoms with E-state index in [0.717, 1.165) is 36.1 Å².